The Labute approximate surface area is 67.1 Å². The zero-order valence-corrected chi connectivity index (χ0v) is 7.09. The molecule has 3 N–H and O–H groups in total. The largest absolute Gasteiger partial charge is 0.380 e. The molecule has 0 heterocycles. The molecule has 0 aliphatic heterocycles. The van der Waals surface area contributed by atoms with Crippen molar-refractivity contribution in [3.05, 3.63) is 0 Å². The fourth-order valence-electron chi connectivity index (χ4n) is 0.747. The lowest BCUT2D eigenvalue weighted by Crippen LogP contribution is -2.32. The second-order valence-electron chi connectivity index (χ2n) is 2.37. The Morgan fingerprint density at radius 3 is 2.73 bits per heavy atom. The first-order valence-electron chi connectivity index (χ1n) is 3.68. The molecular formula is C7H16N2O2. The molecule has 0 spiro atoms. The highest BCUT2D eigenvalue weighted by Crippen LogP contribution is 1.92. The van der Waals surface area contributed by atoms with Crippen molar-refractivity contribution in [2.24, 2.45) is 5.73 Å². The first-order valence-corrected chi connectivity index (χ1v) is 3.68. The van der Waals surface area contributed by atoms with E-state index in [1.165, 1.54) is 6.92 Å². The summed E-state index contributed by atoms with van der Waals surface area (Å²) in [6.07, 6.45) is 0.820. The van der Waals surface area contributed by atoms with Gasteiger partial charge in [0, 0.05) is 20.6 Å². The predicted octanol–water partition coefficient (Wildman–Crippen LogP) is -0.514. The van der Waals surface area contributed by atoms with E-state index in [1.54, 1.807) is 7.11 Å². The van der Waals surface area contributed by atoms with E-state index in [9.17, 15) is 4.79 Å². The van der Waals surface area contributed by atoms with Crippen molar-refractivity contribution in [2.75, 3.05) is 20.2 Å². The Balaban J connectivity index is 3.43. The average molecular weight is 160 g/mol. The molecule has 0 bridgehead atoms. The molecule has 0 aliphatic rings. The minimum atomic E-state index is -0.0379. The van der Waals surface area contributed by atoms with E-state index in [0.717, 1.165) is 6.42 Å². The first kappa shape index (κ1) is 10.4. The molecule has 0 rings (SSSR count). The van der Waals surface area contributed by atoms with Crippen LogP contribution >= 0.6 is 0 Å². The molecule has 0 fully saturated rings. The summed E-state index contributed by atoms with van der Waals surface area (Å²) in [5.74, 6) is -0.0379. The number of ether oxygens (including phenoxy) is 1. The van der Waals surface area contributed by atoms with Crippen molar-refractivity contribution in [1.82, 2.24) is 5.32 Å². The molecule has 4 heteroatoms. The van der Waals surface area contributed by atoms with Gasteiger partial charge in [-0.15, -0.1) is 0 Å². The van der Waals surface area contributed by atoms with Gasteiger partial charge in [0.25, 0.3) is 0 Å². The van der Waals surface area contributed by atoms with Crippen LogP contribution in [0.1, 0.15) is 13.3 Å². The van der Waals surface area contributed by atoms with Crippen molar-refractivity contribution in [1.29, 1.82) is 0 Å². The van der Waals surface area contributed by atoms with Gasteiger partial charge in [-0.05, 0) is 13.0 Å². The lowest BCUT2D eigenvalue weighted by Gasteiger charge is -2.13. The van der Waals surface area contributed by atoms with E-state index in [0.29, 0.717) is 13.1 Å². The summed E-state index contributed by atoms with van der Waals surface area (Å²) < 4.78 is 5.05. The molecule has 0 aromatic rings. The Morgan fingerprint density at radius 1 is 1.73 bits per heavy atom. The Hall–Kier alpha value is -0.610. The van der Waals surface area contributed by atoms with Crippen LogP contribution in [0.25, 0.3) is 0 Å². The fraction of sp³-hybridized carbons (Fsp3) is 0.857. The van der Waals surface area contributed by atoms with Gasteiger partial charge < -0.3 is 15.8 Å². The third-order valence-corrected chi connectivity index (χ3v) is 1.40. The van der Waals surface area contributed by atoms with Crippen LogP contribution in [-0.2, 0) is 9.53 Å². The third-order valence-electron chi connectivity index (χ3n) is 1.40. The molecule has 11 heavy (non-hydrogen) atoms. The summed E-state index contributed by atoms with van der Waals surface area (Å²) >= 11 is 0. The average Bonchev–Trinajstić information content (AvgIpc) is 1.97. The van der Waals surface area contributed by atoms with Crippen LogP contribution in [-0.4, -0.2) is 32.2 Å². The van der Waals surface area contributed by atoms with Crippen molar-refractivity contribution in [3.63, 3.8) is 0 Å². The topological polar surface area (TPSA) is 64.3 Å². The van der Waals surface area contributed by atoms with Crippen LogP contribution in [0, 0.1) is 0 Å². The SMILES string of the molecule is COC(CCN)CNC(C)=O. The molecule has 0 aromatic carbocycles. The van der Waals surface area contributed by atoms with Gasteiger partial charge in [0.05, 0.1) is 6.10 Å². The molecule has 0 saturated heterocycles. The highest BCUT2D eigenvalue weighted by Gasteiger charge is 2.05. The minimum Gasteiger partial charge on any atom is -0.380 e. The maximum Gasteiger partial charge on any atom is 0.216 e. The van der Waals surface area contributed by atoms with Crippen LogP contribution < -0.4 is 11.1 Å². The number of hydrogen-bond donors (Lipinski definition) is 2. The standard InChI is InChI=1S/C7H16N2O2/c1-6(10)9-5-7(11-2)3-4-8/h7H,3-5,8H2,1-2H3,(H,9,10). The number of hydrogen-bond acceptors (Lipinski definition) is 3. The van der Waals surface area contributed by atoms with Crippen LogP contribution in [0.3, 0.4) is 0 Å². The van der Waals surface area contributed by atoms with Crippen LogP contribution in [0.4, 0.5) is 0 Å². The zero-order valence-electron chi connectivity index (χ0n) is 7.09. The first-order chi connectivity index (χ1) is 5.20. The number of nitrogens with two attached hydrogens (primary N) is 1. The third kappa shape index (κ3) is 5.82. The number of methoxy groups -OCH3 is 1. The summed E-state index contributed by atoms with van der Waals surface area (Å²) in [5, 5.41) is 2.66. The van der Waals surface area contributed by atoms with E-state index >= 15 is 0 Å². The number of nitrogens with one attached hydrogen (secondary N) is 1. The highest BCUT2D eigenvalue weighted by atomic mass is 16.5. The van der Waals surface area contributed by atoms with Crippen LogP contribution in [0.15, 0.2) is 0 Å². The highest BCUT2D eigenvalue weighted by molar-refractivity contribution is 5.72. The lowest BCUT2D eigenvalue weighted by atomic mass is 10.2. The van der Waals surface area contributed by atoms with Crippen LogP contribution in [0.5, 0.6) is 0 Å². The second-order valence-corrected chi connectivity index (χ2v) is 2.37. The number of carbonyl (C=O) groups excluding carboxylic acids is 1. The molecule has 4 nitrogen and oxygen atoms in total. The zero-order chi connectivity index (χ0) is 8.69. The molecule has 0 radical (unpaired) electrons. The Bertz CT molecular complexity index is 117. The van der Waals surface area contributed by atoms with Crippen molar-refractivity contribution in [3.8, 4) is 0 Å². The van der Waals surface area contributed by atoms with Crippen molar-refractivity contribution in [2.45, 2.75) is 19.4 Å². The van der Waals surface area contributed by atoms with E-state index in [2.05, 4.69) is 5.32 Å². The van der Waals surface area contributed by atoms with Gasteiger partial charge in [0.15, 0.2) is 0 Å². The van der Waals surface area contributed by atoms with Gasteiger partial charge in [0.1, 0.15) is 0 Å². The molecule has 1 amide bonds. The van der Waals surface area contributed by atoms with E-state index in [-0.39, 0.29) is 12.0 Å². The van der Waals surface area contributed by atoms with E-state index in [1.807, 2.05) is 0 Å². The minimum absolute atomic E-state index is 0.0379. The van der Waals surface area contributed by atoms with E-state index in [4.69, 9.17) is 10.5 Å². The van der Waals surface area contributed by atoms with E-state index < -0.39 is 0 Å². The Morgan fingerprint density at radius 2 is 2.36 bits per heavy atom. The van der Waals surface area contributed by atoms with Crippen LogP contribution in [0.2, 0.25) is 0 Å². The summed E-state index contributed by atoms with van der Waals surface area (Å²) in [6, 6.07) is 0. The number of carbonyl (C=O) groups is 1. The maximum atomic E-state index is 10.5. The smallest absolute Gasteiger partial charge is 0.216 e. The second kappa shape index (κ2) is 6.12. The Kier molecular flexibility index (Phi) is 5.78. The summed E-state index contributed by atoms with van der Waals surface area (Å²) in [6.45, 7) is 2.61. The molecule has 0 saturated carbocycles. The summed E-state index contributed by atoms with van der Waals surface area (Å²) in [7, 11) is 1.61. The van der Waals surface area contributed by atoms with Gasteiger partial charge >= 0.3 is 0 Å². The molecule has 1 atom stereocenters. The molecule has 0 aliphatic carbocycles. The molecule has 66 valence electrons. The van der Waals surface area contributed by atoms with Crippen molar-refractivity contribution < 1.29 is 9.53 Å². The number of amides is 1. The maximum absolute atomic E-state index is 10.5. The number of rotatable bonds is 5. The fourth-order valence-corrected chi connectivity index (χ4v) is 0.747. The normalized spacial score (nSPS) is 12.6. The van der Waals surface area contributed by atoms with Gasteiger partial charge in [-0.3, -0.25) is 4.79 Å². The summed E-state index contributed by atoms with van der Waals surface area (Å²) in [4.78, 5) is 10.5. The van der Waals surface area contributed by atoms with Crippen molar-refractivity contribution >= 4 is 5.91 Å². The molecular weight excluding hydrogens is 144 g/mol. The lowest BCUT2D eigenvalue weighted by molar-refractivity contribution is -0.119. The molecule has 0 aromatic heterocycles. The monoisotopic (exact) mass is 160 g/mol. The molecule has 1 unspecified atom stereocenters. The van der Waals surface area contributed by atoms with Gasteiger partial charge in [-0.2, -0.15) is 0 Å². The quantitative estimate of drug-likeness (QED) is 0.569. The summed E-state index contributed by atoms with van der Waals surface area (Å²) in [5.41, 5.74) is 5.32. The van der Waals surface area contributed by atoms with Gasteiger partial charge in [-0.1, -0.05) is 0 Å². The predicted molar refractivity (Wildman–Crippen MR) is 43.2 cm³/mol. The van der Waals surface area contributed by atoms with Gasteiger partial charge in [-0.25, -0.2) is 0 Å². The van der Waals surface area contributed by atoms with Gasteiger partial charge in [0.2, 0.25) is 5.91 Å².